The topological polar surface area (TPSA) is 116 Å². The van der Waals surface area contributed by atoms with Crippen molar-refractivity contribution in [2.75, 3.05) is 5.73 Å². The molecule has 2 N–H and O–H groups in total. The Morgan fingerprint density at radius 1 is 1.30 bits per heavy atom. The number of halogens is 2. The molecule has 0 bridgehead atoms. The number of benzene rings is 1. The number of nitrogens with zero attached hydrogens (tertiary/aromatic N) is 7. The first-order valence-electron chi connectivity index (χ1n) is 10.4. The lowest BCUT2D eigenvalue weighted by atomic mass is 10.0. The highest BCUT2D eigenvalue weighted by atomic mass is 79.9. The highest BCUT2D eigenvalue weighted by Crippen LogP contribution is 2.32. The molecule has 0 aliphatic carbocycles. The van der Waals surface area contributed by atoms with E-state index in [4.69, 9.17) is 5.73 Å². The maximum absolute atomic E-state index is 15.2. The van der Waals surface area contributed by atoms with E-state index in [1.165, 1.54) is 18.5 Å². The number of fused-ring (bicyclic) bond motifs is 2. The second-order valence-corrected chi connectivity index (χ2v) is 8.81. The van der Waals surface area contributed by atoms with Gasteiger partial charge in [0, 0.05) is 18.0 Å². The van der Waals surface area contributed by atoms with Crippen LogP contribution in [-0.2, 0) is 13.1 Å². The molecule has 5 rings (SSSR count). The zero-order valence-electron chi connectivity index (χ0n) is 17.7. The predicted octanol–water partition coefficient (Wildman–Crippen LogP) is 3.59. The van der Waals surface area contributed by atoms with Gasteiger partial charge >= 0.3 is 0 Å². The first kappa shape index (κ1) is 21.4. The van der Waals surface area contributed by atoms with E-state index in [9.17, 15) is 4.79 Å². The third kappa shape index (κ3) is 4.04. The average Bonchev–Trinajstić information content (AvgIpc) is 3.28. The molecule has 3 aromatic heterocycles. The Morgan fingerprint density at radius 2 is 2.15 bits per heavy atom. The summed E-state index contributed by atoms with van der Waals surface area (Å²) in [6.07, 6.45) is 2.98. The maximum Gasteiger partial charge on any atom is 0.257 e. The van der Waals surface area contributed by atoms with Crippen LogP contribution in [0.3, 0.4) is 0 Å². The van der Waals surface area contributed by atoms with Crippen molar-refractivity contribution in [3.8, 4) is 0 Å². The largest absolute Gasteiger partial charge is 0.383 e. The van der Waals surface area contributed by atoms with Gasteiger partial charge in [-0.25, -0.2) is 19.0 Å². The molecule has 168 valence electrons. The Morgan fingerprint density at radius 3 is 2.94 bits per heavy atom. The van der Waals surface area contributed by atoms with Gasteiger partial charge in [-0.15, -0.1) is 5.10 Å². The Kier molecular flexibility index (Phi) is 5.49. The van der Waals surface area contributed by atoms with Crippen LogP contribution in [0, 0.1) is 12.7 Å². The van der Waals surface area contributed by atoms with Gasteiger partial charge in [-0.1, -0.05) is 0 Å². The molecule has 1 aromatic carbocycles. The molecular weight excluding hydrogens is 491 g/mol. The van der Waals surface area contributed by atoms with Gasteiger partial charge < -0.3 is 10.6 Å². The summed E-state index contributed by atoms with van der Waals surface area (Å²) in [6, 6.07) is 7.73. The van der Waals surface area contributed by atoms with Crippen molar-refractivity contribution in [2.24, 2.45) is 0 Å². The van der Waals surface area contributed by atoms with Gasteiger partial charge in [0.1, 0.15) is 28.4 Å². The highest BCUT2D eigenvalue weighted by molar-refractivity contribution is 9.10. The Hall–Kier alpha value is -3.47. The molecule has 4 aromatic rings. The molecule has 33 heavy (non-hydrogen) atoms. The van der Waals surface area contributed by atoms with Crippen LogP contribution in [0.4, 0.5) is 10.2 Å². The number of rotatable bonds is 4. The molecule has 11 heteroatoms. The Balaban J connectivity index is 1.59. The van der Waals surface area contributed by atoms with Gasteiger partial charge in [0.15, 0.2) is 0 Å². The summed E-state index contributed by atoms with van der Waals surface area (Å²) >= 11 is 3.27. The summed E-state index contributed by atoms with van der Waals surface area (Å²) in [6.45, 7) is 2.69. The monoisotopic (exact) mass is 510 g/mol. The van der Waals surface area contributed by atoms with Crippen LogP contribution in [-0.4, -0.2) is 40.8 Å². The first-order chi connectivity index (χ1) is 15.9. The number of nitrogens with two attached hydrogens (primary N) is 1. The molecule has 1 amide bonds. The molecule has 0 radical (unpaired) electrons. The zero-order valence-corrected chi connectivity index (χ0v) is 19.3. The fraction of sp³-hybridized carbons (Fsp3) is 0.273. The van der Waals surface area contributed by atoms with Gasteiger partial charge in [0.05, 0.1) is 29.4 Å². The van der Waals surface area contributed by atoms with Crippen molar-refractivity contribution in [1.29, 1.82) is 0 Å². The molecule has 9 nitrogen and oxygen atoms in total. The molecule has 0 fully saturated rings. The number of nitrogen functional groups attached to an aromatic ring is 1. The summed E-state index contributed by atoms with van der Waals surface area (Å²) < 4.78 is 17.5. The average molecular weight is 511 g/mol. The van der Waals surface area contributed by atoms with E-state index < -0.39 is 11.7 Å². The van der Waals surface area contributed by atoms with Crippen molar-refractivity contribution >= 4 is 38.6 Å². The van der Waals surface area contributed by atoms with E-state index in [2.05, 4.69) is 41.2 Å². The van der Waals surface area contributed by atoms with Crippen LogP contribution in [0.5, 0.6) is 0 Å². The van der Waals surface area contributed by atoms with Gasteiger partial charge in [-0.3, -0.25) is 4.79 Å². The van der Waals surface area contributed by atoms with Crippen LogP contribution >= 0.6 is 15.9 Å². The fourth-order valence-corrected chi connectivity index (χ4v) is 4.34. The number of carbonyl (C=O) groups is 1. The Bertz CT molecular complexity index is 1360. The molecule has 1 atom stereocenters. The molecule has 1 aliphatic heterocycles. The van der Waals surface area contributed by atoms with Gasteiger partial charge in [0.25, 0.3) is 5.91 Å². The molecular formula is C22H20BrFN8O. The summed E-state index contributed by atoms with van der Waals surface area (Å²) in [5, 5.41) is 13.1. The van der Waals surface area contributed by atoms with Gasteiger partial charge in [0.2, 0.25) is 0 Å². The van der Waals surface area contributed by atoms with Crippen molar-refractivity contribution in [3.05, 3.63) is 69.7 Å². The minimum Gasteiger partial charge on any atom is -0.383 e. The van der Waals surface area contributed by atoms with Crippen molar-refractivity contribution in [2.45, 2.75) is 38.9 Å². The number of amides is 1. The third-order valence-corrected chi connectivity index (χ3v) is 6.23. The van der Waals surface area contributed by atoms with E-state index >= 15 is 4.39 Å². The number of anilines is 1. The predicted molar refractivity (Wildman–Crippen MR) is 122 cm³/mol. The minimum atomic E-state index is -0.660. The van der Waals surface area contributed by atoms with Crippen LogP contribution < -0.4 is 5.73 Å². The third-order valence-electron chi connectivity index (χ3n) is 5.81. The summed E-state index contributed by atoms with van der Waals surface area (Å²) in [5.41, 5.74) is 7.56. The van der Waals surface area contributed by atoms with E-state index in [1.54, 1.807) is 27.8 Å². The summed E-state index contributed by atoms with van der Waals surface area (Å²) in [7, 11) is 0. The standard InChI is InChI=1S/C22H20BrFN8O/c1-12-7-13-8-15(16(24)9-17(13)28-20(12)25)22(33)31(10-14-4-5-19(23)30-29-14)18-3-2-6-32-21(18)26-11-27-32/h4-5,7-9,11,18H,2-3,6,10H2,1H3,(H2,25,28). The Labute approximate surface area is 197 Å². The van der Waals surface area contributed by atoms with Crippen LogP contribution in [0.25, 0.3) is 10.9 Å². The van der Waals surface area contributed by atoms with Crippen molar-refractivity contribution < 1.29 is 9.18 Å². The number of carbonyl (C=O) groups excluding carboxylic acids is 1. The highest BCUT2D eigenvalue weighted by Gasteiger charge is 2.33. The minimum absolute atomic E-state index is 0.0461. The van der Waals surface area contributed by atoms with Crippen LogP contribution in [0.1, 0.15) is 46.3 Å². The number of hydrogen-bond acceptors (Lipinski definition) is 7. The van der Waals surface area contributed by atoms with Crippen LogP contribution in [0.15, 0.2) is 41.3 Å². The van der Waals surface area contributed by atoms with Crippen molar-refractivity contribution in [3.63, 3.8) is 0 Å². The fourth-order valence-electron chi connectivity index (χ4n) is 4.12. The SMILES string of the molecule is Cc1cc2cc(C(=O)N(Cc3ccc(Br)nn3)C3CCCn4ncnc43)c(F)cc2nc1N. The first-order valence-corrected chi connectivity index (χ1v) is 11.2. The lowest BCUT2D eigenvalue weighted by molar-refractivity contribution is 0.0603. The summed E-state index contributed by atoms with van der Waals surface area (Å²) in [4.78, 5) is 24.0. The maximum atomic E-state index is 15.2. The second kappa shape index (κ2) is 8.47. The molecule has 1 aliphatic rings. The number of aryl methyl sites for hydroxylation is 2. The normalized spacial score (nSPS) is 15.4. The molecule has 4 heterocycles. The van der Waals surface area contributed by atoms with Gasteiger partial charge in [-0.2, -0.15) is 10.2 Å². The molecule has 0 saturated heterocycles. The van der Waals surface area contributed by atoms with E-state index in [-0.39, 0.29) is 18.2 Å². The molecule has 1 unspecified atom stereocenters. The van der Waals surface area contributed by atoms with Crippen LogP contribution in [0.2, 0.25) is 0 Å². The number of aromatic nitrogens is 6. The summed E-state index contributed by atoms with van der Waals surface area (Å²) in [5.74, 6) is -0.119. The van der Waals surface area contributed by atoms with E-state index in [0.717, 1.165) is 18.5 Å². The lowest BCUT2D eigenvalue weighted by Crippen LogP contribution is -2.38. The van der Waals surface area contributed by atoms with Gasteiger partial charge in [-0.05, 0) is 65.5 Å². The van der Waals surface area contributed by atoms with E-state index in [1.807, 2.05) is 6.92 Å². The zero-order chi connectivity index (χ0) is 23.1. The smallest absolute Gasteiger partial charge is 0.257 e. The number of pyridine rings is 1. The quantitative estimate of drug-likeness (QED) is 0.445. The number of hydrogen-bond donors (Lipinski definition) is 1. The lowest BCUT2D eigenvalue weighted by Gasteiger charge is -2.33. The second-order valence-electron chi connectivity index (χ2n) is 8.00. The van der Waals surface area contributed by atoms with Crippen molar-refractivity contribution in [1.82, 2.24) is 34.8 Å². The van der Waals surface area contributed by atoms with E-state index in [0.29, 0.717) is 39.3 Å². The molecule has 0 saturated carbocycles. The molecule has 0 spiro atoms.